The molecule has 190 valence electrons. The minimum Gasteiger partial charge on any atom is -0.462 e. The molecule has 2 rings (SSSR count). The number of aromatic nitrogens is 2. The van der Waals surface area contributed by atoms with Gasteiger partial charge in [0.2, 0.25) is 0 Å². The number of carbonyl (C=O) groups is 3. The molecule has 1 saturated heterocycles. The maximum atomic E-state index is 12.3. The summed E-state index contributed by atoms with van der Waals surface area (Å²) in [5.41, 5.74) is -2.75. The van der Waals surface area contributed by atoms with Crippen LogP contribution in [0.2, 0.25) is 0 Å². The van der Waals surface area contributed by atoms with Crippen LogP contribution < -0.4 is 16.3 Å². The van der Waals surface area contributed by atoms with Gasteiger partial charge in [-0.25, -0.2) is 9.59 Å². The van der Waals surface area contributed by atoms with E-state index in [4.69, 9.17) is 14.2 Å². The van der Waals surface area contributed by atoms with E-state index in [0.29, 0.717) is 0 Å². The number of amides is 1. The number of nitrogens with one attached hydrogen (secondary N) is 2. The summed E-state index contributed by atoms with van der Waals surface area (Å²) in [7, 11) is 0. The summed E-state index contributed by atoms with van der Waals surface area (Å²) in [4.78, 5) is 49.9. The second-order valence-corrected chi connectivity index (χ2v) is 7.38. The molecule has 5 N–H and O–H groups in total. The predicted octanol–water partition coefficient (Wildman–Crippen LogP) is -2.51. The van der Waals surface area contributed by atoms with Crippen LogP contribution in [0, 0.1) is 0 Å². The van der Waals surface area contributed by atoms with E-state index < -0.39 is 54.4 Å². The Bertz CT molecular complexity index is 920. The summed E-state index contributed by atoms with van der Waals surface area (Å²) in [5, 5.41) is 34.7. The van der Waals surface area contributed by atoms with Gasteiger partial charge in [-0.2, -0.15) is 4.98 Å². The molecule has 0 bridgehead atoms. The van der Waals surface area contributed by atoms with Crippen molar-refractivity contribution in [1.29, 1.82) is 0 Å². The van der Waals surface area contributed by atoms with E-state index in [1.807, 2.05) is 0 Å². The summed E-state index contributed by atoms with van der Waals surface area (Å²) < 4.78 is 20.6. The van der Waals surface area contributed by atoms with Gasteiger partial charge in [-0.3, -0.25) is 19.5 Å². The molecule has 0 saturated carbocycles. The van der Waals surface area contributed by atoms with Crippen LogP contribution in [0.25, 0.3) is 0 Å². The Morgan fingerprint density at radius 3 is 2.56 bits per heavy atom. The van der Waals surface area contributed by atoms with Crippen LogP contribution in [0.5, 0.6) is 0 Å². The highest BCUT2D eigenvalue weighted by Crippen LogP contribution is 2.37. The van der Waals surface area contributed by atoms with Crippen molar-refractivity contribution in [2.24, 2.45) is 0 Å². The summed E-state index contributed by atoms with van der Waals surface area (Å²) in [6.07, 6.45) is -3.53. The van der Waals surface area contributed by atoms with Crippen molar-refractivity contribution < 1.29 is 48.7 Å². The molecule has 0 aliphatic carbocycles. The molecule has 15 nitrogen and oxygen atoms in total. The number of hydrogen-bond donors (Lipinski definition) is 5. The average molecular weight is 488 g/mol. The molecule has 2 heterocycles. The molecule has 1 fully saturated rings. The highest BCUT2D eigenvalue weighted by molar-refractivity contribution is 5.83. The number of rotatable bonds is 11. The van der Waals surface area contributed by atoms with Crippen molar-refractivity contribution in [2.45, 2.75) is 37.9 Å². The van der Waals surface area contributed by atoms with E-state index >= 15 is 0 Å². The summed E-state index contributed by atoms with van der Waals surface area (Å²) in [6.45, 7) is 1.69. The van der Waals surface area contributed by atoms with Crippen molar-refractivity contribution in [3.05, 3.63) is 22.7 Å². The van der Waals surface area contributed by atoms with Crippen LogP contribution in [0.4, 0.5) is 10.6 Å². The third kappa shape index (κ3) is 7.46. The minimum absolute atomic E-state index is 0.0406. The number of esters is 2. The van der Waals surface area contributed by atoms with E-state index in [1.54, 1.807) is 0 Å². The average Bonchev–Trinajstić information content (AvgIpc) is 2.99. The smallest absolute Gasteiger partial charge is 0.412 e. The van der Waals surface area contributed by atoms with Crippen LogP contribution in [0.1, 0.15) is 20.1 Å². The van der Waals surface area contributed by atoms with E-state index in [9.17, 15) is 34.5 Å². The maximum absolute atomic E-state index is 12.3. The Morgan fingerprint density at radius 2 is 1.94 bits per heavy atom. The molecule has 0 radical (unpaired) electrons. The fourth-order valence-electron chi connectivity index (χ4n) is 2.99. The number of ether oxygens (including phenoxy) is 4. The summed E-state index contributed by atoms with van der Waals surface area (Å²) in [5.74, 6) is -1.19. The molecule has 0 unspecified atom stereocenters. The zero-order chi connectivity index (χ0) is 25.3. The first-order valence-electron chi connectivity index (χ1n) is 10.3. The van der Waals surface area contributed by atoms with Crippen molar-refractivity contribution in [2.75, 3.05) is 44.8 Å². The summed E-state index contributed by atoms with van der Waals surface area (Å²) >= 11 is 0. The van der Waals surface area contributed by atoms with Crippen molar-refractivity contribution >= 4 is 23.8 Å². The SMILES string of the molecule is CC(=O)OCCOC(=O)CNCCOC(=O)Nc1ccn([C@@H]2O[C@H](CO)[C@@H](O)[C@@]2(C)O)c(=O)n1. The second-order valence-electron chi connectivity index (χ2n) is 7.38. The lowest BCUT2D eigenvalue weighted by Crippen LogP contribution is -2.46. The lowest BCUT2D eigenvalue weighted by molar-refractivity contribution is -0.150. The second kappa shape index (κ2) is 12.4. The van der Waals surface area contributed by atoms with Gasteiger partial charge in [-0.05, 0) is 13.0 Å². The van der Waals surface area contributed by atoms with E-state index in [-0.39, 0.29) is 38.7 Å². The maximum Gasteiger partial charge on any atom is 0.412 e. The number of nitrogens with zero attached hydrogens (tertiary/aromatic N) is 2. The van der Waals surface area contributed by atoms with Crippen molar-refractivity contribution in [1.82, 2.24) is 14.9 Å². The molecular formula is C19H28N4O11. The van der Waals surface area contributed by atoms with Crippen molar-refractivity contribution in [3.63, 3.8) is 0 Å². The first-order valence-corrected chi connectivity index (χ1v) is 10.3. The fraction of sp³-hybridized carbons (Fsp3) is 0.632. The number of anilines is 1. The lowest BCUT2D eigenvalue weighted by Gasteiger charge is -2.27. The molecule has 15 heteroatoms. The molecule has 1 amide bonds. The van der Waals surface area contributed by atoms with Gasteiger partial charge in [-0.15, -0.1) is 0 Å². The van der Waals surface area contributed by atoms with Gasteiger partial charge in [0.1, 0.15) is 43.4 Å². The Balaban J connectivity index is 1.74. The van der Waals surface area contributed by atoms with Gasteiger partial charge in [-0.1, -0.05) is 0 Å². The summed E-state index contributed by atoms with van der Waals surface area (Å²) in [6, 6.07) is 1.25. The Hall–Kier alpha value is -3.11. The third-order valence-electron chi connectivity index (χ3n) is 4.68. The lowest BCUT2D eigenvalue weighted by atomic mass is 9.96. The topological polar surface area (TPSA) is 208 Å². The van der Waals surface area contributed by atoms with Gasteiger partial charge < -0.3 is 39.6 Å². The molecule has 34 heavy (non-hydrogen) atoms. The molecular weight excluding hydrogens is 460 g/mol. The van der Waals surface area contributed by atoms with Gasteiger partial charge in [0.25, 0.3) is 0 Å². The van der Waals surface area contributed by atoms with Crippen LogP contribution in [-0.4, -0.2) is 100 Å². The van der Waals surface area contributed by atoms with E-state index in [2.05, 4.69) is 20.4 Å². The number of aliphatic hydroxyl groups is 3. The number of carbonyl (C=O) groups excluding carboxylic acids is 3. The highest BCUT2D eigenvalue weighted by atomic mass is 16.6. The Labute approximate surface area is 193 Å². The van der Waals surface area contributed by atoms with Gasteiger partial charge >= 0.3 is 23.7 Å². The minimum atomic E-state index is -1.87. The largest absolute Gasteiger partial charge is 0.462 e. The van der Waals surface area contributed by atoms with Gasteiger partial charge in [0, 0.05) is 19.7 Å². The van der Waals surface area contributed by atoms with Gasteiger partial charge in [0.15, 0.2) is 6.23 Å². The molecule has 0 spiro atoms. The van der Waals surface area contributed by atoms with E-state index in [0.717, 1.165) is 4.57 Å². The van der Waals surface area contributed by atoms with E-state index in [1.165, 1.54) is 26.1 Å². The van der Waals surface area contributed by atoms with Crippen LogP contribution >= 0.6 is 0 Å². The standard InChI is InChI=1S/C19H28N4O11/c1-11(25)31-7-8-32-14(26)9-20-4-6-33-18(29)22-13-3-5-23(17(28)21-13)16-19(2,30)15(27)12(10-24)34-16/h3,5,12,15-16,20,24,27,30H,4,6-10H2,1-2H3,(H,21,22,28,29)/t12-,15-,16-,19-/m1/s1. The monoisotopic (exact) mass is 488 g/mol. The molecule has 4 atom stereocenters. The first-order chi connectivity index (χ1) is 16.1. The molecule has 1 aliphatic heterocycles. The van der Waals surface area contributed by atoms with Gasteiger partial charge in [0.05, 0.1) is 13.2 Å². The Kier molecular flexibility index (Phi) is 9.88. The van der Waals surface area contributed by atoms with Crippen LogP contribution in [-0.2, 0) is 28.5 Å². The number of aliphatic hydroxyl groups excluding tert-OH is 2. The molecule has 1 aromatic rings. The first kappa shape index (κ1) is 27.1. The van der Waals surface area contributed by atoms with Crippen LogP contribution in [0.15, 0.2) is 17.1 Å². The quantitative estimate of drug-likeness (QED) is 0.124. The van der Waals surface area contributed by atoms with Crippen molar-refractivity contribution in [3.8, 4) is 0 Å². The fourth-order valence-corrected chi connectivity index (χ4v) is 2.99. The zero-order valence-electron chi connectivity index (χ0n) is 18.6. The molecule has 1 aliphatic rings. The highest BCUT2D eigenvalue weighted by Gasteiger charge is 2.53. The third-order valence-corrected chi connectivity index (χ3v) is 4.68. The molecule has 0 aromatic carbocycles. The van der Waals surface area contributed by atoms with Crippen LogP contribution in [0.3, 0.4) is 0 Å². The predicted molar refractivity (Wildman–Crippen MR) is 112 cm³/mol. The molecule has 1 aromatic heterocycles. The zero-order valence-corrected chi connectivity index (χ0v) is 18.6. The number of hydrogen-bond acceptors (Lipinski definition) is 13. The normalized spacial score (nSPS) is 23.9. The Morgan fingerprint density at radius 1 is 1.24 bits per heavy atom.